The lowest BCUT2D eigenvalue weighted by Gasteiger charge is -2.25. The predicted molar refractivity (Wildman–Crippen MR) is 122 cm³/mol. The van der Waals surface area contributed by atoms with Crippen molar-refractivity contribution in [2.24, 2.45) is 0 Å². The Morgan fingerprint density at radius 1 is 1.03 bits per heavy atom. The molecule has 2 amide bonds. The predicted octanol–water partition coefficient (Wildman–Crippen LogP) is 4.41. The molecule has 31 heavy (non-hydrogen) atoms. The Hall–Kier alpha value is -2.87. The van der Waals surface area contributed by atoms with Gasteiger partial charge in [-0.25, -0.2) is 4.79 Å². The molecule has 0 saturated heterocycles. The van der Waals surface area contributed by atoms with Crippen molar-refractivity contribution in [1.82, 2.24) is 4.90 Å². The van der Waals surface area contributed by atoms with E-state index in [4.69, 9.17) is 9.47 Å². The first-order valence-electron chi connectivity index (χ1n) is 9.77. The van der Waals surface area contributed by atoms with E-state index < -0.39 is 29.7 Å². The number of amides is 2. The summed E-state index contributed by atoms with van der Waals surface area (Å²) < 4.78 is 11.6. The molecular weight excluding hydrogens is 464 g/mol. The highest BCUT2D eigenvalue weighted by atomic mass is 79.9. The average molecular weight is 491 g/mol. The Morgan fingerprint density at radius 2 is 1.65 bits per heavy atom. The van der Waals surface area contributed by atoms with Crippen molar-refractivity contribution in [3.63, 3.8) is 0 Å². The van der Waals surface area contributed by atoms with E-state index in [9.17, 15) is 14.4 Å². The number of nitrogens with one attached hydrogen (secondary N) is 1. The molecule has 0 bridgehead atoms. The van der Waals surface area contributed by atoms with Crippen molar-refractivity contribution in [2.45, 2.75) is 38.9 Å². The smallest absolute Gasteiger partial charge is 0.412 e. The maximum Gasteiger partial charge on any atom is 0.412 e. The topological polar surface area (TPSA) is 84.9 Å². The Bertz CT molecular complexity index is 894. The lowest BCUT2D eigenvalue weighted by Crippen LogP contribution is -2.44. The lowest BCUT2D eigenvalue weighted by atomic mass is 10.1. The molecule has 2 aromatic carbocycles. The van der Waals surface area contributed by atoms with E-state index in [0.29, 0.717) is 5.69 Å². The Labute approximate surface area is 190 Å². The van der Waals surface area contributed by atoms with Gasteiger partial charge in [0.2, 0.25) is 0 Å². The van der Waals surface area contributed by atoms with Crippen LogP contribution >= 0.6 is 15.9 Å². The molecule has 2 aromatic rings. The standard InChI is InChI=1S/C23H27BrN2O5/c1-23(2,3)31-20(27)15-26(4)21(28)19(14-16-8-6-5-7-9-16)30-22(29)25-18-12-10-17(24)11-13-18/h5-13,19H,14-15H2,1-4H3,(H,25,29)/t19-/m0/s1. The number of rotatable bonds is 7. The van der Waals surface area contributed by atoms with Crippen LogP contribution in [0.25, 0.3) is 0 Å². The minimum Gasteiger partial charge on any atom is -0.459 e. The molecule has 0 heterocycles. The highest BCUT2D eigenvalue weighted by Gasteiger charge is 2.29. The van der Waals surface area contributed by atoms with Crippen LogP contribution in [0.15, 0.2) is 59.1 Å². The van der Waals surface area contributed by atoms with Crippen LogP contribution in [0.1, 0.15) is 26.3 Å². The summed E-state index contributed by atoms with van der Waals surface area (Å²) in [5.74, 6) is -1.04. The van der Waals surface area contributed by atoms with Gasteiger partial charge >= 0.3 is 12.1 Å². The number of likely N-dealkylation sites (N-methyl/N-ethyl adjacent to an activating group) is 1. The van der Waals surface area contributed by atoms with Gasteiger partial charge in [-0.1, -0.05) is 46.3 Å². The zero-order valence-electron chi connectivity index (χ0n) is 18.1. The monoisotopic (exact) mass is 490 g/mol. The molecule has 0 spiro atoms. The molecule has 0 fully saturated rings. The summed E-state index contributed by atoms with van der Waals surface area (Å²) in [4.78, 5) is 38.7. The van der Waals surface area contributed by atoms with Crippen molar-refractivity contribution in [2.75, 3.05) is 18.9 Å². The van der Waals surface area contributed by atoms with Gasteiger partial charge in [0.25, 0.3) is 5.91 Å². The van der Waals surface area contributed by atoms with Crippen molar-refractivity contribution >= 4 is 39.6 Å². The van der Waals surface area contributed by atoms with Gasteiger partial charge in [0.15, 0.2) is 6.10 Å². The van der Waals surface area contributed by atoms with Gasteiger partial charge in [0.05, 0.1) is 0 Å². The van der Waals surface area contributed by atoms with Crippen LogP contribution in [-0.4, -0.2) is 48.2 Å². The summed E-state index contributed by atoms with van der Waals surface area (Å²) in [7, 11) is 1.47. The van der Waals surface area contributed by atoms with Crippen LogP contribution < -0.4 is 5.32 Å². The van der Waals surface area contributed by atoms with Gasteiger partial charge in [-0.3, -0.25) is 14.9 Å². The van der Waals surface area contributed by atoms with Crippen LogP contribution in [-0.2, 0) is 25.5 Å². The summed E-state index contributed by atoms with van der Waals surface area (Å²) in [6, 6.07) is 16.2. The lowest BCUT2D eigenvalue weighted by molar-refractivity contribution is -0.159. The van der Waals surface area contributed by atoms with Crippen LogP contribution in [0.3, 0.4) is 0 Å². The van der Waals surface area contributed by atoms with Gasteiger partial charge in [0.1, 0.15) is 12.1 Å². The fourth-order valence-electron chi connectivity index (χ4n) is 2.71. The second kappa shape index (κ2) is 10.9. The molecule has 0 aliphatic rings. The maximum absolute atomic E-state index is 13.0. The van der Waals surface area contributed by atoms with Gasteiger partial charge < -0.3 is 14.4 Å². The van der Waals surface area contributed by atoms with Crippen molar-refractivity contribution < 1.29 is 23.9 Å². The number of ether oxygens (including phenoxy) is 2. The molecule has 1 N–H and O–H groups in total. The summed E-state index contributed by atoms with van der Waals surface area (Å²) in [5.41, 5.74) is 0.690. The second-order valence-corrected chi connectivity index (χ2v) is 8.91. The summed E-state index contributed by atoms with van der Waals surface area (Å²) in [6.45, 7) is 5.00. The van der Waals surface area contributed by atoms with Crippen molar-refractivity contribution in [3.8, 4) is 0 Å². The third kappa shape index (κ3) is 8.80. The molecule has 8 heteroatoms. The van der Waals surface area contributed by atoms with E-state index in [2.05, 4.69) is 21.2 Å². The number of hydrogen-bond acceptors (Lipinski definition) is 5. The minimum atomic E-state index is -1.11. The number of benzene rings is 2. The SMILES string of the molecule is CN(CC(=O)OC(C)(C)C)C(=O)[C@H](Cc1ccccc1)OC(=O)Nc1ccc(Br)cc1. The van der Waals surface area contributed by atoms with Gasteiger partial charge in [-0.2, -0.15) is 0 Å². The molecule has 0 aliphatic heterocycles. The molecule has 7 nitrogen and oxygen atoms in total. The summed E-state index contributed by atoms with van der Waals surface area (Å²) in [6.07, 6.45) is -1.70. The van der Waals surface area contributed by atoms with Crippen LogP contribution in [0, 0.1) is 0 Å². The van der Waals surface area contributed by atoms with Crippen LogP contribution in [0.2, 0.25) is 0 Å². The molecule has 0 aromatic heterocycles. The fraction of sp³-hybridized carbons (Fsp3) is 0.348. The molecule has 2 rings (SSSR count). The Balaban J connectivity index is 2.09. The van der Waals surface area contributed by atoms with Crippen LogP contribution in [0.5, 0.6) is 0 Å². The zero-order chi connectivity index (χ0) is 23.0. The van der Waals surface area contributed by atoms with Crippen molar-refractivity contribution in [1.29, 1.82) is 0 Å². The largest absolute Gasteiger partial charge is 0.459 e. The zero-order valence-corrected chi connectivity index (χ0v) is 19.6. The van der Waals surface area contributed by atoms with Crippen LogP contribution in [0.4, 0.5) is 10.5 Å². The molecule has 166 valence electrons. The van der Waals surface area contributed by atoms with E-state index in [1.54, 1.807) is 45.0 Å². The fourth-order valence-corrected chi connectivity index (χ4v) is 2.97. The molecule has 0 radical (unpaired) electrons. The third-order valence-electron chi connectivity index (χ3n) is 4.04. The summed E-state index contributed by atoms with van der Waals surface area (Å²) in [5, 5.41) is 2.61. The highest BCUT2D eigenvalue weighted by Crippen LogP contribution is 2.16. The minimum absolute atomic E-state index is 0.173. The number of nitrogens with zero attached hydrogens (tertiary/aromatic N) is 1. The number of carbonyl (C=O) groups is 3. The first-order chi connectivity index (χ1) is 14.5. The van der Waals surface area contributed by atoms with E-state index in [-0.39, 0.29) is 13.0 Å². The third-order valence-corrected chi connectivity index (χ3v) is 4.57. The number of anilines is 1. The molecular formula is C23H27BrN2O5. The quantitative estimate of drug-likeness (QED) is 0.581. The maximum atomic E-state index is 13.0. The second-order valence-electron chi connectivity index (χ2n) is 8.00. The Kier molecular flexibility index (Phi) is 8.62. The van der Waals surface area contributed by atoms with E-state index in [1.807, 2.05) is 30.3 Å². The normalized spacial score (nSPS) is 11.9. The van der Waals surface area contributed by atoms with Gasteiger partial charge in [-0.05, 0) is 50.6 Å². The molecule has 0 saturated carbocycles. The number of carbonyl (C=O) groups excluding carboxylic acids is 3. The van der Waals surface area contributed by atoms with Crippen molar-refractivity contribution in [3.05, 3.63) is 64.6 Å². The van der Waals surface area contributed by atoms with Gasteiger partial charge in [-0.15, -0.1) is 0 Å². The van der Waals surface area contributed by atoms with E-state index in [1.165, 1.54) is 11.9 Å². The molecule has 1 atom stereocenters. The number of halogens is 1. The van der Waals surface area contributed by atoms with Gasteiger partial charge in [0, 0.05) is 23.6 Å². The Morgan fingerprint density at radius 3 is 2.23 bits per heavy atom. The average Bonchev–Trinajstić information content (AvgIpc) is 2.68. The van der Waals surface area contributed by atoms with E-state index in [0.717, 1.165) is 10.0 Å². The molecule has 0 aliphatic carbocycles. The summed E-state index contributed by atoms with van der Waals surface area (Å²) >= 11 is 3.33. The number of esters is 1. The van der Waals surface area contributed by atoms with E-state index >= 15 is 0 Å². The molecule has 0 unspecified atom stereocenters. The highest BCUT2D eigenvalue weighted by molar-refractivity contribution is 9.10. The first-order valence-corrected chi connectivity index (χ1v) is 10.6. The first kappa shape index (κ1) is 24.4. The number of hydrogen-bond donors (Lipinski definition) is 1.